The second-order valence-electron chi connectivity index (χ2n) is 14.0. The highest BCUT2D eigenvalue weighted by atomic mass is 32.2. The summed E-state index contributed by atoms with van der Waals surface area (Å²) in [5, 5.41) is 9.10. The quantitative estimate of drug-likeness (QED) is 0.124. The van der Waals surface area contributed by atoms with Crippen LogP contribution in [0.2, 0.25) is 0 Å². The van der Waals surface area contributed by atoms with Crippen LogP contribution < -0.4 is 4.90 Å². The molecule has 1 atom stereocenters. The second kappa shape index (κ2) is 15.9. The van der Waals surface area contributed by atoms with Crippen molar-refractivity contribution in [2.75, 3.05) is 29.5 Å². The van der Waals surface area contributed by atoms with E-state index in [0.717, 1.165) is 6.07 Å². The molecule has 20 heteroatoms. The van der Waals surface area contributed by atoms with Crippen molar-refractivity contribution in [2.24, 2.45) is 0 Å². The summed E-state index contributed by atoms with van der Waals surface area (Å²) in [6.07, 6.45) is 6.49. The van der Waals surface area contributed by atoms with E-state index >= 15 is 0 Å². The third kappa shape index (κ3) is 10.2. The summed E-state index contributed by atoms with van der Waals surface area (Å²) >= 11 is 0. The van der Waals surface area contributed by atoms with E-state index < -0.39 is 73.7 Å². The lowest BCUT2D eigenvalue weighted by molar-refractivity contribution is -0.437. The minimum Gasteiger partial charge on any atom is -0.748 e. The lowest BCUT2D eigenvalue weighted by Gasteiger charge is -2.31. The van der Waals surface area contributed by atoms with Crippen LogP contribution in [0.25, 0.3) is 0 Å². The van der Waals surface area contributed by atoms with Crippen molar-refractivity contribution in [1.82, 2.24) is 0 Å². The molecule has 2 aliphatic rings. The number of unbranched alkanes of at least 4 members (excludes halogenated alkanes) is 2. The molecule has 16 nitrogen and oxygen atoms in total. The number of benzene rings is 2. The zero-order chi connectivity index (χ0) is 40.5. The van der Waals surface area contributed by atoms with E-state index in [0.29, 0.717) is 59.6 Å². The number of aliphatic carboxylic acids is 1. The van der Waals surface area contributed by atoms with Crippen LogP contribution in [0.1, 0.15) is 76.8 Å². The van der Waals surface area contributed by atoms with Gasteiger partial charge in [0.15, 0.2) is 5.71 Å². The highest BCUT2D eigenvalue weighted by Gasteiger charge is 2.46. The van der Waals surface area contributed by atoms with Crippen molar-refractivity contribution in [3.05, 3.63) is 71.5 Å². The van der Waals surface area contributed by atoms with E-state index in [2.05, 4.69) is 0 Å². The third-order valence-electron chi connectivity index (χ3n) is 9.79. The Balaban J connectivity index is 1.87. The topological polar surface area (TPSA) is 270 Å². The first kappa shape index (κ1) is 43.2. The van der Waals surface area contributed by atoms with E-state index in [1.807, 2.05) is 6.92 Å². The minimum absolute atomic E-state index is 0.00787. The standard InChI is InChI=1S/C34H44N2O14S4/c1-33(2)26-22-24(53(45,46)47)13-15-28(26)35(18-8-20-51(39,40)41)30(33)10-7-11-31-34(3,17-6-4-5-12-32(37)38)27-23-25(54(48,49)50)14-16-29(27)36(31)19-9-21-52(42,43)44/h7,10-11,13-16,22-23H,4-6,8-9,12,17-21H2,1-3H3,(H4-,37,38,39,40,41,42,43,44,45,46,47,48,49,50)/p-2. The van der Waals surface area contributed by atoms with Gasteiger partial charge in [-0.2, -0.15) is 13.0 Å². The molecule has 298 valence electrons. The molecule has 2 heterocycles. The maximum Gasteiger partial charge on any atom is 0.303 e. The fourth-order valence-corrected chi connectivity index (χ4v) is 9.18. The van der Waals surface area contributed by atoms with Gasteiger partial charge in [0, 0.05) is 65.4 Å². The fourth-order valence-electron chi connectivity index (χ4n) is 7.21. The highest BCUT2D eigenvalue weighted by molar-refractivity contribution is 7.86. The SMILES string of the molecule is CC1(C)C(/C=C/C=C2/N(CCCS(=O)(=O)[O-])c3ccc(S(=O)(=O)[O-])cc3C2(C)CCCCCC(=O)O)=[N+](CCCS(=O)(=O)[O-])c2ccc(S(=O)(=O)O)cc21. The number of allylic oxidation sites excluding steroid dienone is 4. The molecule has 54 heavy (non-hydrogen) atoms. The van der Waals surface area contributed by atoms with Crippen LogP contribution in [0, 0.1) is 0 Å². The summed E-state index contributed by atoms with van der Waals surface area (Å²) in [5.74, 6) is -2.32. The van der Waals surface area contributed by atoms with Gasteiger partial charge in [-0.25, -0.2) is 25.3 Å². The molecule has 0 fully saturated rings. The molecule has 0 radical (unpaired) electrons. The third-order valence-corrected chi connectivity index (χ3v) is 13.0. The number of rotatable bonds is 18. The molecular weight excluding hydrogens is 789 g/mol. The number of fused-ring (bicyclic) bond motifs is 2. The van der Waals surface area contributed by atoms with E-state index in [9.17, 15) is 56.7 Å². The summed E-state index contributed by atoms with van der Waals surface area (Å²) in [6.45, 7) is 5.42. The Morgan fingerprint density at radius 2 is 1.43 bits per heavy atom. The van der Waals surface area contributed by atoms with Crippen LogP contribution in [0.5, 0.6) is 0 Å². The van der Waals surface area contributed by atoms with Crippen molar-refractivity contribution in [3.63, 3.8) is 0 Å². The number of nitrogens with zero attached hydrogens (tertiary/aromatic N) is 2. The molecule has 0 spiro atoms. The second-order valence-corrected chi connectivity index (χ2v) is 19.9. The number of hydrogen-bond acceptors (Lipinski definition) is 13. The van der Waals surface area contributed by atoms with Gasteiger partial charge in [0.25, 0.3) is 10.1 Å². The van der Waals surface area contributed by atoms with Crippen molar-refractivity contribution in [1.29, 1.82) is 0 Å². The van der Waals surface area contributed by atoms with E-state index in [1.165, 1.54) is 30.3 Å². The van der Waals surface area contributed by atoms with Gasteiger partial charge in [0.2, 0.25) is 5.69 Å². The first-order valence-electron chi connectivity index (χ1n) is 16.9. The maximum atomic E-state index is 12.1. The Morgan fingerprint density at radius 1 is 0.815 bits per heavy atom. The molecule has 1 unspecified atom stereocenters. The van der Waals surface area contributed by atoms with Gasteiger partial charge in [-0.1, -0.05) is 18.9 Å². The molecule has 0 amide bonds. The minimum atomic E-state index is -4.89. The Bertz CT molecular complexity index is 2350. The summed E-state index contributed by atoms with van der Waals surface area (Å²) in [6, 6.07) is 7.81. The Labute approximate surface area is 315 Å². The lowest BCUT2D eigenvalue weighted by Crippen LogP contribution is -2.30. The highest BCUT2D eigenvalue weighted by Crippen LogP contribution is 2.51. The zero-order valence-corrected chi connectivity index (χ0v) is 33.1. The normalized spacial score (nSPS) is 19.5. The van der Waals surface area contributed by atoms with Crippen molar-refractivity contribution in [2.45, 2.75) is 86.3 Å². The summed E-state index contributed by atoms with van der Waals surface area (Å²) < 4.78 is 141. The smallest absolute Gasteiger partial charge is 0.303 e. The van der Waals surface area contributed by atoms with Crippen LogP contribution in [-0.4, -0.2) is 97.8 Å². The molecule has 0 bridgehead atoms. The fraction of sp³-hybridized carbons (Fsp3) is 0.471. The molecule has 4 rings (SSSR count). The van der Waals surface area contributed by atoms with Crippen LogP contribution in [-0.2, 0) is 56.1 Å². The Kier molecular flexibility index (Phi) is 12.8. The molecular formula is C34H42N2O14S4-2. The molecule has 0 aliphatic carbocycles. The largest absolute Gasteiger partial charge is 0.748 e. The van der Waals surface area contributed by atoms with Crippen LogP contribution in [0.4, 0.5) is 11.4 Å². The molecule has 0 saturated carbocycles. The molecule has 0 aromatic heterocycles. The monoisotopic (exact) mass is 830 g/mol. The average Bonchev–Trinajstić information content (AvgIpc) is 3.38. The van der Waals surface area contributed by atoms with Crippen LogP contribution in [0.15, 0.2) is 70.1 Å². The van der Waals surface area contributed by atoms with E-state index in [4.69, 9.17) is 5.11 Å². The van der Waals surface area contributed by atoms with Gasteiger partial charge in [-0.05, 0) is 82.0 Å². The van der Waals surface area contributed by atoms with Gasteiger partial charge in [0.05, 0.1) is 35.4 Å². The number of anilines is 1. The van der Waals surface area contributed by atoms with E-state index in [1.54, 1.807) is 41.6 Å². The predicted octanol–water partition coefficient (Wildman–Crippen LogP) is 3.34. The van der Waals surface area contributed by atoms with Crippen molar-refractivity contribution in [3.8, 4) is 0 Å². The molecule has 0 saturated heterocycles. The van der Waals surface area contributed by atoms with Gasteiger partial charge in [-0.3, -0.25) is 9.35 Å². The summed E-state index contributed by atoms with van der Waals surface area (Å²) in [4.78, 5) is 12.0. The summed E-state index contributed by atoms with van der Waals surface area (Å²) in [5.41, 5.74) is 1.07. The van der Waals surface area contributed by atoms with Crippen LogP contribution in [0.3, 0.4) is 0 Å². The number of carbonyl (C=O) groups is 1. The maximum absolute atomic E-state index is 12.1. The first-order valence-corrected chi connectivity index (χ1v) is 22.9. The van der Waals surface area contributed by atoms with Gasteiger partial charge in [0.1, 0.15) is 16.7 Å². The van der Waals surface area contributed by atoms with Crippen molar-refractivity contribution >= 4 is 63.5 Å². The van der Waals surface area contributed by atoms with E-state index in [-0.39, 0.29) is 37.2 Å². The Hall–Kier alpha value is -3.50. The van der Waals surface area contributed by atoms with Gasteiger partial charge < -0.3 is 23.7 Å². The first-order chi connectivity index (χ1) is 24.8. The lowest BCUT2D eigenvalue weighted by atomic mass is 9.77. The zero-order valence-electron chi connectivity index (χ0n) is 29.8. The average molecular weight is 831 g/mol. The number of hydrogen-bond donors (Lipinski definition) is 2. The summed E-state index contributed by atoms with van der Waals surface area (Å²) in [7, 11) is -18.6. The molecule has 2 N–H and O–H groups in total. The molecule has 2 aromatic carbocycles. The Morgan fingerprint density at radius 3 is 2.02 bits per heavy atom. The number of carboxylic acid groups (broad SMARTS) is 1. The molecule has 2 aliphatic heterocycles. The van der Waals surface area contributed by atoms with Crippen molar-refractivity contribution < 1.29 is 66.4 Å². The van der Waals surface area contributed by atoms with Gasteiger partial charge >= 0.3 is 5.97 Å². The van der Waals surface area contributed by atoms with Crippen LogP contribution >= 0.6 is 0 Å². The van der Waals surface area contributed by atoms with Gasteiger partial charge in [-0.15, -0.1) is 0 Å². The molecule has 2 aromatic rings. The predicted molar refractivity (Wildman–Crippen MR) is 194 cm³/mol. The number of carboxylic acids is 1.